The Hall–Kier alpha value is -0.530. The smallest absolute Gasteiger partial charge is 0.0661 e. The van der Waals surface area contributed by atoms with Crippen LogP contribution in [0.2, 0.25) is 0 Å². The van der Waals surface area contributed by atoms with Gasteiger partial charge >= 0.3 is 0 Å². The van der Waals surface area contributed by atoms with Crippen molar-refractivity contribution >= 4 is 6.21 Å². The fourth-order valence-corrected chi connectivity index (χ4v) is 0.392. The van der Waals surface area contributed by atoms with E-state index in [0.29, 0.717) is 0 Å². The van der Waals surface area contributed by atoms with Gasteiger partial charge < -0.3 is 5.43 Å². The second kappa shape index (κ2) is 1.80. The summed E-state index contributed by atoms with van der Waals surface area (Å²) < 4.78 is 0. The number of hydrazone groups is 1. The number of rotatable bonds is 0. The summed E-state index contributed by atoms with van der Waals surface area (Å²) in [7, 11) is 0. The third-order valence-corrected chi connectivity index (χ3v) is 0.697. The summed E-state index contributed by atoms with van der Waals surface area (Å²) in [6.07, 6.45) is 4.08. The molecule has 1 aliphatic heterocycles. The molecule has 1 N–H and O–H groups in total. The molecule has 1 aliphatic rings. The number of nitrogens with one attached hydrogen (secondary N) is 1. The average Bonchev–Trinajstić information content (AvgIpc) is 1.72. The van der Waals surface area contributed by atoms with Gasteiger partial charge in [0.15, 0.2) is 0 Å². The van der Waals surface area contributed by atoms with Crippen LogP contribution >= 0.6 is 0 Å². The molecule has 0 amide bonds. The minimum atomic E-state index is 1.09. The standard InChI is InChI=1S/C4H7N2/c1-2-4-6-5-3-1/h3-5H,1-2H2. The third-order valence-electron chi connectivity index (χ3n) is 0.697. The first kappa shape index (κ1) is 3.65. The van der Waals surface area contributed by atoms with Gasteiger partial charge in [0.25, 0.3) is 0 Å². The second-order valence-electron chi connectivity index (χ2n) is 1.22. The summed E-state index contributed by atoms with van der Waals surface area (Å²) in [5, 5.41) is 3.75. The van der Waals surface area contributed by atoms with Crippen LogP contribution in [0.1, 0.15) is 12.8 Å². The lowest BCUT2D eigenvalue weighted by atomic mass is 10.3. The molecule has 0 saturated heterocycles. The van der Waals surface area contributed by atoms with Crippen molar-refractivity contribution < 1.29 is 0 Å². The summed E-state index contributed by atoms with van der Waals surface area (Å²) in [4.78, 5) is 0. The summed E-state index contributed by atoms with van der Waals surface area (Å²) in [5.41, 5.74) is 2.73. The Morgan fingerprint density at radius 3 is 2.67 bits per heavy atom. The van der Waals surface area contributed by atoms with Crippen LogP contribution in [0.25, 0.3) is 0 Å². The number of nitrogens with zero attached hydrogens (tertiary/aromatic N) is 1. The molecule has 0 aromatic heterocycles. The number of hydrogen-bond acceptors (Lipinski definition) is 2. The third kappa shape index (κ3) is 0.708. The van der Waals surface area contributed by atoms with Gasteiger partial charge in [0.2, 0.25) is 0 Å². The largest absolute Gasteiger partial charge is 0.305 e. The van der Waals surface area contributed by atoms with Crippen LogP contribution in [0, 0.1) is 6.54 Å². The Labute approximate surface area is 37.2 Å². The van der Waals surface area contributed by atoms with E-state index >= 15 is 0 Å². The lowest BCUT2D eigenvalue weighted by Crippen LogP contribution is -2.05. The molecule has 0 aliphatic carbocycles. The van der Waals surface area contributed by atoms with Crippen molar-refractivity contribution in [3.63, 3.8) is 0 Å². The van der Waals surface area contributed by atoms with Gasteiger partial charge in [-0.1, -0.05) is 0 Å². The maximum atomic E-state index is 3.75. The zero-order valence-electron chi connectivity index (χ0n) is 3.52. The fraction of sp³-hybridized carbons (Fsp3) is 0.500. The van der Waals surface area contributed by atoms with E-state index in [-0.39, 0.29) is 0 Å². The van der Waals surface area contributed by atoms with Crippen molar-refractivity contribution in [1.29, 1.82) is 0 Å². The van der Waals surface area contributed by atoms with Crippen molar-refractivity contribution in [2.24, 2.45) is 5.10 Å². The Balaban J connectivity index is 2.26. The molecule has 1 heterocycles. The van der Waals surface area contributed by atoms with Gasteiger partial charge in [-0.15, -0.1) is 0 Å². The van der Waals surface area contributed by atoms with Gasteiger partial charge in [0.05, 0.1) is 6.54 Å². The predicted molar refractivity (Wildman–Crippen MR) is 25.2 cm³/mol. The van der Waals surface area contributed by atoms with E-state index in [1.54, 1.807) is 0 Å². The highest BCUT2D eigenvalue weighted by molar-refractivity contribution is 5.57. The molecule has 0 fully saturated rings. The van der Waals surface area contributed by atoms with E-state index in [4.69, 9.17) is 0 Å². The van der Waals surface area contributed by atoms with E-state index in [2.05, 4.69) is 10.5 Å². The normalized spacial score (nSPS) is 20.0. The predicted octanol–water partition coefficient (Wildman–Crippen LogP) is 0.517. The quantitative estimate of drug-likeness (QED) is 0.453. The molecule has 6 heavy (non-hydrogen) atoms. The highest BCUT2D eigenvalue weighted by Crippen LogP contribution is 1.90. The van der Waals surface area contributed by atoms with Gasteiger partial charge in [-0.05, 0) is 12.8 Å². The zero-order chi connectivity index (χ0) is 4.24. The van der Waals surface area contributed by atoms with Crippen LogP contribution in [0.15, 0.2) is 5.10 Å². The van der Waals surface area contributed by atoms with Crippen LogP contribution in [-0.4, -0.2) is 6.21 Å². The van der Waals surface area contributed by atoms with Crippen molar-refractivity contribution in [2.45, 2.75) is 12.8 Å². The SMILES string of the molecule is [CH]1CCC=NN1. The maximum Gasteiger partial charge on any atom is 0.0661 e. The Morgan fingerprint density at radius 1 is 1.50 bits per heavy atom. The Morgan fingerprint density at radius 2 is 2.50 bits per heavy atom. The zero-order valence-corrected chi connectivity index (χ0v) is 3.52. The van der Waals surface area contributed by atoms with E-state index in [1.165, 1.54) is 0 Å². The lowest BCUT2D eigenvalue weighted by molar-refractivity contribution is 0.768. The van der Waals surface area contributed by atoms with Crippen molar-refractivity contribution in [1.82, 2.24) is 5.43 Å². The van der Waals surface area contributed by atoms with Crippen LogP contribution < -0.4 is 5.43 Å². The molecule has 0 atom stereocenters. The monoisotopic (exact) mass is 83.1 g/mol. The molecule has 0 bridgehead atoms. The molecule has 33 valence electrons. The van der Waals surface area contributed by atoms with Crippen LogP contribution in [-0.2, 0) is 0 Å². The average molecular weight is 83.1 g/mol. The first-order valence-electron chi connectivity index (χ1n) is 2.09. The van der Waals surface area contributed by atoms with E-state index in [1.807, 2.05) is 12.8 Å². The summed E-state index contributed by atoms with van der Waals surface area (Å²) in [5.74, 6) is 0. The molecule has 0 aromatic carbocycles. The first-order valence-corrected chi connectivity index (χ1v) is 2.09. The molecule has 0 saturated carbocycles. The fourth-order valence-electron chi connectivity index (χ4n) is 0.392. The van der Waals surface area contributed by atoms with Gasteiger partial charge in [0.1, 0.15) is 0 Å². The van der Waals surface area contributed by atoms with Crippen LogP contribution in [0.4, 0.5) is 0 Å². The highest BCUT2D eigenvalue weighted by Gasteiger charge is 1.86. The second-order valence-corrected chi connectivity index (χ2v) is 1.22. The van der Waals surface area contributed by atoms with Gasteiger partial charge in [-0.25, -0.2) is 0 Å². The topological polar surface area (TPSA) is 24.4 Å². The Bertz CT molecular complexity index is 50.6. The highest BCUT2D eigenvalue weighted by atomic mass is 15.3. The minimum Gasteiger partial charge on any atom is -0.305 e. The molecule has 2 nitrogen and oxygen atoms in total. The van der Waals surface area contributed by atoms with Gasteiger partial charge in [0, 0.05) is 6.21 Å². The molecule has 1 rings (SSSR count). The van der Waals surface area contributed by atoms with E-state index < -0.39 is 0 Å². The number of hydrogen-bond donors (Lipinski definition) is 1. The Kier molecular flexibility index (Phi) is 1.10. The molecule has 1 radical (unpaired) electrons. The minimum absolute atomic E-state index is 1.09. The van der Waals surface area contributed by atoms with Gasteiger partial charge in [-0.3, -0.25) is 0 Å². The summed E-state index contributed by atoms with van der Waals surface area (Å²) >= 11 is 0. The lowest BCUT2D eigenvalue weighted by Gasteiger charge is -2.00. The molecule has 0 spiro atoms. The molecular formula is C4H7N2. The van der Waals surface area contributed by atoms with Crippen LogP contribution in [0.5, 0.6) is 0 Å². The summed E-state index contributed by atoms with van der Waals surface area (Å²) in [6.45, 7) is 1.94. The molecular weight excluding hydrogens is 76.1 g/mol. The van der Waals surface area contributed by atoms with Crippen molar-refractivity contribution in [3.8, 4) is 0 Å². The van der Waals surface area contributed by atoms with E-state index in [9.17, 15) is 0 Å². The van der Waals surface area contributed by atoms with Gasteiger partial charge in [-0.2, -0.15) is 5.10 Å². The summed E-state index contributed by atoms with van der Waals surface area (Å²) in [6, 6.07) is 0. The first-order chi connectivity index (χ1) is 3.00. The van der Waals surface area contributed by atoms with Crippen molar-refractivity contribution in [3.05, 3.63) is 6.54 Å². The maximum absolute atomic E-state index is 3.75. The van der Waals surface area contributed by atoms with Crippen molar-refractivity contribution in [2.75, 3.05) is 0 Å². The van der Waals surface area contributed by atoms with E-state index in [0.717, 1.165) is 12.8 Å². The molecule has 0 aromatic rings. The molecule has 2 heteroatoms. The molecule has 0 unspecified atom stereocenters. The van der Waals surface area contributed by atoms with Crippen LogP contribution in [0.3, 0.4) is 0 Å².